The lowest BCUT2D eigenvalue weighted by Crippen LogP contribution is -2.57. The van der Waals surface area contributed by atoms with Gasteiger partial charge in [0.2, 0.25) is 0 Å². The van der Waals surface area contributed by atoms with Crippen LogP contribution in [0.25, 0.3) is 0 Å². The first-order valence-electron chi connectivity index (χ1n) is 7.37. The van der Waals surface area contributed by atoms with Gasteiger partial charge in [-0.15, -0.1) is 0 Å². The molecule has 0 spiro atoms. The molecule has 4 heteroatoms. The Morgan fingerprint density at radius 2 is 2.00 bits per heavy atom. The topological polar surface area (TPSA) is 18.5 Å². The van der Waals surface area contributed by atoms with Crippen LogP contribution in [0.2, 0.25) is 0 Å². The molecule has 0 aromatic heterocycles. The highest BCUT2D eigenvalue weighted by atomic mass is 79.9. The van der Waals surface area contributed by atoms with Crippen molar-refractivity contribution in [2.75, 3.05) is 46.1 Å². The zero-order chi connectivity index (χ0) is 14.6. The van der Waals surface area contributed by atoms with E-state index in [9.17, 15) is 0 Å². The van der Waals surface area contributed by atoms with E-state index in [1.54, 1.807) is 0 Å². The number of benzene rings is 1. The predicted octanol–water partition coefficient (Wildman–Crippen LogP) is 3.28. The van der Waals surface area contributed by atoms with Crippen molar-refractivity contribution in [1.29, 1.82) is 0 Å². The molecule has 1 aliphatic carbocycles. The molecule has 0 heterocycles. The van der Waals surface area contributed by atoms with Crippen molar-refractivity contribution in [3.8, 4) is 0 Å². The third kappa shape index (κ3) is 3.96. The van der Waals surface area contributed by atoms with Crippen LogP contribution in [-0.2, 0) is 0 Å². The molecule has 0 saturated heterocycles. The zero-order valence-corrected chi connectivity index (χ0v) is 14.4. The molecule has 1 saturated carbocycles. The molecule has 0 atom stereocenters. The summed E-state index contributed by atoms with van der Waals surface area (Å²) in [5.74, 6) is 0. The summed E-state index contributed by atoms with van der Waals surface area (Å²) >= 11 is 3.50. The number of anilines is 1. The minimum absolute atomic E-state index is 0.421. The fraction of sp³-hybridized carbons (Fsp3) is 0.625. The van der Waals surface area contributed by atoms with Crippen molar-refractivity contribution in [1.82, 2.24) is 9.80 Å². The fourth-order valence-electron chi connectivity index (χ4n) is 2.90. The fourth-order valence-corrected chi connectivity index (χ4v) is 3.30. The maximum absolute atomic E-state index is 3.50. The molecule has 0 bridgehead atoms. The SMILES string of the molecule is CN(CCNc1cccc(Br)c1)CC1(N(C)C)CCC1. The Morgan fingerprint density at radius 3 is 2.55 bits per heavy atom. The summed E-state index contributed by atoms with van der Waals surface area (Å²) in [5.41, 5.74) is 1.60. The van der Waals surface area contributed by atoms with Crippen LogP contribution in [0, 0.1) is 0 Å². The van der Waals surface area contributed by atoms with Crippen LogP contribution < -0.4 is 5.32 Å². The van der Waals surface area contributed by atoms with E-state index in [1.165, 1.54) is 31.5 Å². The van der Waals surface area contributed by atoms with Gasteiger partial charge in [0, 0.05) is 35.3 Å². The van der Waals surface area contributed by atoms with Gasteiger partial charge in [0.25, 0.3) is 0 Å². The summed E-state index contributed by atoms with van der Waals surface area (Å²) in [6.45, 7) is 3.22. The number of hydrogen-bond donors (Lipinski definition) is 1. The van der Waals surface area contributed by atoms with Crippen molar-refractivity contribution in [3.63, 3.8) is 0 Å². The van der Waals surface area contributed by atoms with Gasteiger partial charge in [-0.3, -0.25) is 0 Å². The molecule has 1 fully saturated rings. The average Bonchev–Trinajstić information content (AvgIpc) is 2.33. The number of hydrogen-bond acceptors (Lipinski definition) is 3. The minimum atomic E-state index is 0.421. The van der Waals surface area contributed by atoms with Crippen molar-refractivity contribution in [2.24, 2.45) is 0 Å². The Bertz CT molecular complexity index is 429. The quantitative estimate of drug-likeness (QED) is 0.822. The summed E-state index contributed by atoms with van der Waals surface area (Å²) in [7, 11) is 6.66. The zero-order valence-electron chi connectivity index (χ0n) is 12.8. The first-order valence-corrected chi connectivity index (χ1v) is 8.17. The number of nitrogens with zero attached hydrogens (tertiary/aromatic N) is 2. The van der Waals surface area contributed by atoms with Crippen LogP contribution in [-0.4, -0.2) is 56.1 Å². The van der Waals surface area contributed by atoms with E-state index < -0.39 is 0 Å². The summed E-state index contributed by atoms with van der Waals surface area (Å²) in [4.78, 5) is 4.86. The number of rotatable bonds is 7. The standard InChI is InChI=1S/C16H26BrN3/c1-19(2)16(8-5-9-16)13-20(3)11-10-18-15-7-4-6-14(17)12-15/h4,6-7,12,18H,5,8-11,13H2,1-3H3. The number of nitrogens with one attached hydrogen (secondary N) is 1. The second-order valence-electron chi connectivity index (χ2n) is 6.15. The van der Waals surface area contributed by atoms with Crippen molar-refractivity contribution in [2.45, 2.75) is 24.8 Å². The van der Waals surface area contributed by atoms with Crippen LogP contribution in [0.5, 0.6) is 0 Å². The molecule has 112 valence electrons. The third-order valence-corrected chi connectivity index (χ3v) is 4.94. The summed E-state index contributed by atoms with van der Waals surface area (Å²) < 4.78 is 1.12. The van der Waals surface area contributed by atoms with Gasteiger partial charge in [-0.05, 0) is 58.6 Å². The second kappa shape index (κ2) is 6.92. The predicted molar refractivity (Wildman–Crippen MR) is 90.4 cm³/mol. The maximum atomic E-state index is 3.50. The molecule has 0 amide bonds. The smallest absolute Gasteiger partial charge is 0.0351 e. The van der Waals surface area contributed by atoms with Crippen molar-refractivity contribution >= 4 is 21.6 Å². The molecule has 0 unspecified atom stereocenters. The minimum Gasteiger partial charge on any atom is -0.384 e. The first kappa shape index (κ1) is 15.8. The van der Waals surface area contributed by atoms with Gasteiger partial charge in [0.15, 0.2) is 0 Å². The molecule has 1 aromatic rings. The van der Waals surface area contributed by atoms with Gasteiger partial charge in [-0.1, -0.05) is 22.0 Å². The Kier molecular flexibility index (Phi) is 5.47. The van der Waals surface area contributed by atoms with Gasteiger partial charge < -0.3 is 15.1 Å². The monoisotopic (exact) mass is 339 g/mol. The van der Waals surface area contributed by atoms with E-state index in [4.69, 9.17) is 0 Å². The van der Waals surface area contributed by atoms with E-state index in [0.29, 0.717) is 5.54 Å². The van der Waals surface area contributed by atoms with Gasteiger partial charge >= 0.3 is 0 Å². The molecule has 0 radical (unpaired) electrons. The molecule has 3 nitrogen and oxygen atoms in total. The van der Waals surface area contributed by atoms with Crippen LogP contribution in [0.15, 0.2) is 28.7 Å². The van der Waals surface area contributed by atoms with Gasteiger partial charge in [0.05, 0.1) is 0 Å². The summed E-state index contributed by atoms with van der Waals surface area (Å²) in [6.07, 6.45) is 4.05. The highest BCUT2D eigenvalue weighted by Gasteiger charge is 2.39. The lowest BCUT2D eigenvalue weighted by molar-refractivity contribution is 0.0289. The molecule has 1 aromatic carbocycles. The highest BCUT2D eigenvalue weighted by molar-refractivity contribution is 9.10. The Labute approximate surface area is 131 Å². The molecule has 0 aliphatic heterocycles. The second-order valence-corrected chi connectivity index (χ2v) is 7.06. The Hall–Kier alpha value is -0.580. The van der Waals surface area contributed by atoms with E-state index in [-0.39, 0.29) is 0 Å². The normalized spacial score (nSPS) is 17.3. The molecule has 1 aliphatic rings. The van der Waals surface area contributed by atoms with Crippen LogP contribution in [0.4, 0.5) is 5.69 Å². The lowest BCUT2D eigenvalue weighted by Gasteiger charge is -2.49. The largest absolute Gasteiger partial charge is 0.384 e. The maximum Gasteiger partial charge on any atom is 0.0351 e. The Morgan fingerprint density at radius 1 is 1.25 bits per heavy atom. The van der Waals surface area contributed by atoms with Gasteiger partial charge in [-0.2, -0.15) is 0 Å². The van der Waals surface area contributed by atoms with Gasteiger partial charge in [0.1, 0.15) is 0 Å². The highest BCUT2D eigenvalue weighted by Crippen LogP contribution is 2.36. The summed E-state index contributed by atoms with van der Waals surface area (Å²) in [5, 5.41) is 3.48. The van der Waals surface area contributed by atoms with Crippen LogP contribution in [0.3, 0.4) is 0 Å². The van der Waals surface area contributed by atoms with Crippen molar-refractivity contribution < 1.29 is 0 Å². The van der Waals surface area contributed by atoms with E-state index >= 15 is 0 Å². The molecule has 1 N–H and O–H groups in total. The Balaban J connectivity index is 1.74. The average molecular weight is 340 g/mol. The third-order valence-electron chi connectivity index (χ3n) is 4.44. The summed E-state index contributed by atoms with van der Waals surface area (Å²) in [6, 6.07) is 8.34. The molecule has 2 rings (SSSR count). The van der Waals surface area contributed by atoms with E-state index in [1.807, 2.05) is 0 Å². The lowest BCUT2D eigenvalue weighted by atomic mass is 9.75. The first-order chi connectivity index (χ1) is 9.52. The molecule has 20 heavy (non-hydrogen) atoms. The van der Waals surface area contributed by atoms with Crippen molar-refractivity contribution in [3.05, 3.63) is 28.7 Å². The van der Waals surface area contributed by atoms with E-state index in [2.05, 4.69) is 76.5 Å². The van der Waals surface area contributed by atoms with E-state index in [0.717, 1.165) is 17.6 Å². The van der Waals surface area contributed by atoms with Crippen LogP contribution in [0.1, 0.15) is 19.3 Å². The van der Waals surface area contributed by atoms with Gasteiger partial charge in [-0.25, -0.2) is 0 Å². The molecular formula is C16H26BrN3. The molecular weight excluding hydrogens is 314 g/mol. The number of likely N-dealkylation sites (N-methyl/N-ethyl adjacent to an activating group) is 2. The number of halogens is 1. The van der Waals surface area contributed by atoms with Crippen LogP contribution >= 0.6 is 15.9 Å².